The van der Waals surface area contributed by atoms with E-state index < -0.39 is 27.8 Å². The molecule has 8 heteroatoms. The predicted octanol–water partition coefficient (Wildman–Crippen LogP) is 4.51. The molecule has 1 atom stereocenters. The van der Waals surface area contributed by atoms with Gasteiger partial charge >= 0.3 is 6.18 Å². The molecule has 0 aliphatic carbocycles. The van der Waals surface area contributed by atoms with Crippen molar-refractivity contribution < 1.29 is 21.6 Å². The standard InChI is InChI=1S/C15H13BrF3NO2S/c1-10(11-6-8-12(9-7-11)15(17,18)19)20-23(21,22)14-5-3-2-4-13(14)16/h2-10,20H,1H3. The molecule has 0 bridgehead atoms. The Bertz CT molecular complexity index is 789. The van der Waals surface area contributed by atoms with Crippen LogP contribution in [0.5, 0.6) is 0 Å². The van der Waals surface area contributed by atoms with Crippen LogP contribution in [-0.4, -0.2) is 8.42 Å². The van der Waals surface area contributed by atoms with E-state index in [2.05, 4.69) is 20.7 Å². The zero-order valence-corrected chi connectivity index (χ0v) is 14.3. The van der Waals surface area contributed by atoms with Crippen molar-refractivity contribution in [3.05, 3.63) is 64.1 Å². The average Bonchev–Trinajstić information content (AvgIpc) is 2.46. The Balaban J connectivity index is 2.22. The van der Waals surface area contributed by atoms with Gasteiger partial charge in [0, 0.05) is 10.5 Å². The van der Waals surface area contributed by atoms with Crippen molar-refractivity contribution in [2.24, 2.45) is 0 Å². The molecule has 124 valence electrons. The number of sulfonamides is 1. The summed E-state index contributed by atoms with van der Waals surface area (Å²) in [6.07, 6.45) is -4.42. The first-order valence-corrected chi connectivity index (χ1v) is 8.83. The van der Waals surface area contributed by atoms with Gasteiger partial charge in [0.15, 0.2) is 0 Å². The van der Waals surface area contributed by atoms with E-state index in [4.69, 9.17) is 0 Å². The lowest BCUT2D eigenvalue weighted by molar-refractivity contribution is -0.137. The van der Waals surface area contributed by atoms with Gasteiger partial charge in [0.05, 0.1) is 10.5 Å². The Hall–Kier alpha value is -1.38. The minimum Gasteiger partial charge on any atom is -0.207 e. The van der Waals surface area contributed by atoms with Gasteiger partial charge in [0.2, 0.25) is 10.0 Å². The highest BCUT2D eigenvalue weighted by molar-refractivity contribution is 9.10. The minimum absolute atomic E-state index is 0.0683. The largest absolute Gasteiger partial charge is 0.416 e. The average molecular weight is 408 g/mol. The molecule has 0 amide bonds. The molecule has 3 nitrogen and oxygen atoms in total. The molecule has 0 radical (unpaired) electrons. The Kier molecular flexibility index (Phi) is 5.17. The topological polar surface area (TPSA) is 46.2 Å². The lowest BCUT2D eigenvalue weighted by Crippen LogP contribution is -2.27. The van der Waals surface area contributed by atoms with E-state index in [1.807, 2.05) is 0 Å². The van der Waals surface area contributed by atoms with E-state index in [1.165, 1.54) is 18.2 Å². The van der Waals surface area contributed by atoms with E-state index in [9.17, 15) is 21.6 Å². The first-order valence-electron chi connectivity index (χ1n) is 6.55. The van der Waals surface area contributed by atoms with Crippen LogP contribution in [0.3, 0.4) is 0 Å². The molecule has 0 spiro atoms. The Morgan fingerprint density at radius 3 is 2.13 bits per heavy atom. The second-order valence-electron chi connectivity index (χ2n) is 4.89. The van der Waals surface area contributed by atoms with Crippen LogP contribution in [0.15, 0.2) is 57.9 Å². The quantitative estimate of drug-likeness (QED) is 0.810. The number of hydrogen-bond acceptors (Lipinski definition) is 2. The summed E-state index contributed by atoms with van der Waals surface area (Å²) in [5.41, 5.74) is -0.337. The smallest absolute Gasteiger partial charge is 0.207 e. The number of hydrogen-bond donors (Lipinski definition) is 1. The van der Waals surface area contributed by atoms with Crippen LogP contribution in [0.1, 0.15) is 24.1 Å². The highest BCUT2D eigenvalue weighted by Gasteiger charge is 2.30. The van der Waals surface area contributed by atoms with Gasteiger partial charge in [-0.3, -0.25) is 0 Å². The van der Waals surface area contributed by atoms with Gasteiger partial charge in [-0.25, -0.2) is 13.1 Å². The second-order valence-corrected chi connectivity index (χ2v) is 7.43. The first kappa shape index (κ1) is 18.0. The summed E-state index contributed by atoms with van der Waals surface area (Å²) in [6.45, 7) is 1.57. The summed E-state index contributed by atoms with van der Waals surface area (Å²) in [5, 5.41) is 0. The zero-order chi connectivity index (χ0) is 17.3. The van der Waals surface area contributed by atoms with Crippen molar-refractivity contribution in [1.82, 2.24) is 4.72 Å². The highest BCUT2D eigenvalue weighted by Crippen LogP contribution is 2.30. The molecule has 23 heavy (non-hydrogen) atoms. The SMILES string of the molecule is CC(NS(=O)(=O)c1ccccc1Br)c1ccc(C(F)(F)F)cc1. The molecular weight excluding hydrogens is 395 g/mol. The molecule has 1 unspecified atom stereocenters. The summed E-state index contributed by atoms with van der Waals surface area (Å²) in [6, 6.07) is 10.0. The molecule has 0 aliphatic rings. The highest BCUT2D eigenvalue weighted by atomic mass is 79.9. The fraction of sp³-hybridized carbons (Fsp3) is 0.200. The molecule has 0 aliphatic heterocycles. The molecule has 1 N–H and O–H groups in total. The van der Waals surface area contributed by atoms with E-state index >= 15 is 0 Å². The van der Waals surface area contributed by atoms with Crippen LogP contribution in [0, 0.1) is 0 Å². The molecule has 2 aromatic carbocycles. The fourth-order valence-electron chi connectivity index (χ4n) is 1.99. The van der Waals surface area contributed by atoms with Gasteiger partial charge in [-0.2, -0.15) is 13.2 Å². The van der Waals surface area contributed by atoms with Crippen LogP contribution in [0.2, 0.25) is 0 Å². The monoisotopic (exact) mass is 407 g/mol. The van der Waals surface area contributed by atoms with E-state index in [0.717, 1.165) is 12.1 Å². The van der Waals surface area contributed by atoms with Crippen molar-refractivity contribution in [3.8, 4) is 0 Å². The summed E-state index contributed by atoms with van der Waals surface area (Å²) in [5.74, 6) is 0. The third kappa shape index (κ3) is 4.33. The Labute approximate surface area is 140 Å². The third-order valence-electron chi connectivity index (χ3n) is 3.20. The van der Waals surface area contributed by atoms with Crippen LogP contribution < -0.4 is 4.72 Å². The van der Waals surface area contributed by atoms with E-state index in [1.54, 1.807) is 25.1 Å². The second kappa shape index (κ2) is 6.62. The third-order valence-corrected chi connectivity index (χ3v) is 5.75. The van der Waals surface area contributed by atoms with Gasteiger partial charge in [-0.15, -0.1) is 0 Å². The van der Waals surface area contributed by atoms with Crippen molar-refractivity contribution in [2.45, 2.75) is 24.0 Å². The molecule has 0 saturated carbocycles. The predicted molar refractivity (Wildman–Crippen MR) is 84.3 cm³/mol. The fourth-order valence-corrected chi connectivity index (χ4v) is 4.22. The van der Waals surface area contributed by atoms with Gasteiger partial charge < -0.3 is 0 Å². The molecule has 2 rings (SSSR count). The van der Waals surface area contributed by atoms with Crippen molar-refractivity contribution in [1.29, 1.82) is 0 Å². The normalized spacial score (nSPS) is 13.8. The molecule has 0 saturated heterocycles. The number of halogens is 4. The number of rotatable bonds is 4. The van der Waals surface area contributed by atoms with Crippen LogP contribution in [0.25, 0.3) is 0 Å². The maximum absolute atomic E-state index is 12.5. The first-order chi connectivity index (χ1) is 10.6. The van der Waals surface area contributed by atoms with Crippen LogP contribution in [0.4, 0.5) is 13.2 Å². The summed E-state index contributed by atoms with van der Waals surface area (Å²) in [7, 11) is -3.80. The molecule has 2 aromatic rings. The van der Waals surface area contributed by atoms with Crippen molar-refractivity contribution in [2.75, 3.05) is 0 Å². The number of alkyl halides is 3. The van der Waals surface area contributed by atoms with Crippen molar-refractivity contribution >= 4 is 26.0 Å². The molecular formula is C15H13BrF3NO2S. The minimum atomic E-state index is -4.42. The summed E-state index contributed by atoms with van der Waals surface area (Å²) in [4.78, 5) is 0.0683. The van der Waals surface area contributed by atoms with Crippen LogP contribution >= 0.6 is 15.9 Å². The molecule has 0 fully saturated rings. The Morgan fingerprint density at radius 2 is 1.61 bits per heavy atom. The summed E-state index contributed by atoms with van der Waals surface area (Å²) >= 11 is 3.17. The van der Waals surface area contributed by atoms with Crippen LogP contribution in [-0.2, 0) is 16.2 Å². The lowest BCUT2D eigenvalue weighted by atomic mass is 10.1. The van der Waals surface area contributed by atoms with Gasteiger partial charge in [0.1, 0.15) is 0 Å². The Morgan fingerprint density at radius 1 is 1.04 bits per heavy atom. The molecule has 0 heterocycles. The lowest BCUT2D eigenvalue weighted by Gasteiger charge is -2.16. The van der Waals surface area contributed by atoms with Crippen molar-refractivity contribution in [3.63, 3.8) is 0 Å². The number of nitrogens with one attached hydrogen (secondary N) is 1. The molecule has 0 aromatic heterocycles. The van der Waals surface area contributed by atoms with Gasteiger partial charge in [0.25, 0.3) is 0 Å². The van der Waals surface area contributed by atoms with Gasteiger partial charge in [-0.1, -0.05) is 24.3 Å². The van der Waals surface area contributed by atoms with E-state index in [-0.39, 0.29) is 4.90 Å². The van der Waals surface area contributed by atoms with E-state index in [0.29, 0.717) is 10.0 Å². The number of benzene rings is 2. The maximum Gasteiger partial charge on any atom is 0.416 e. The summed E-state index contributed by atoms with van der Waals surface area (Å²) < 4.78 is 65.2. The van der Waals surface area contributed by atoms with Gasteiger partial charge in [-0.05, 0) is 52.7 Å². The maximum atomic E-state index is 12.5. The zero-order valence-electron chi connectivity index (χ0n) is 11.9.